The molecule has 0 aromatic heterocycles. The number of benzene rings is 1. The molecule has 0 amide bonds. The summed E-state index contributed by atoms with van der Waals surface area (Å²) in [4.78, 5) is 9.71. The molecule has 1 aromatic carbocycles. The van der Waals surface area contributed by atoms with Crippen LogP contribution in [0.3, 0.4) is 0 Å². The summed E-state index contributed by atoms with van der Waals surface area (Å²) in [6.07, 6.45) is 0. The number of nitro groups is 1. The maximum absolute atomic E-state index is 10.6. The summed E-state index contributed by atoms with van der Waals surface area (Å²) in [5.41, 5.74) is -0.216. The number of hydrogen-bond donors (Lipinski definition) is 1. The van der Waals surface area contributed by atoms with Gasteiger partial charge in [-0.25, -0.2) is 4.21 Å². The molecule has 0 fully saturated rings. The highest BCUT2D eigenvalue weighted by Gasteiger charge is 2.11. The van der Waals surface area contributed by atoms with Gasteiger partial charge in [0.1, 0.15) is 0 Å². The minimum Gasteiger partial charge on any atom is -0.302 e. The monoisotopic (exact) mass is 265 g/mol. The van der Waals surface area contributed by atoms with Gasteiger partial charge in [0.25, 0.3) is 5.69 Å². The fraction of sp³-hybridized carbons (Fsp3) is 0. The van der Waals surface area contributed by atoms with Gasteiger partial charge < -0.3 is 4.55 Å². The van der Waals surface area contributed by atoms with Gasteiger partial charge in [-0.1, -0.05) is 15.9 Å². The van der Waals surface area contributed by atoms with E-state index < -0.39 is 16.0 Å². The van der Waals surface area contributed by atoms with Crippen molar-refractivity contribution < 1.29 is 13.7 Å². The lowest BCUT2D eigenvalue weighted by Crippen LogP contribution is -1.93. The lowest BCUT2D eigenvalue weighted by molar-refractivity contribution is -0.385. The van der Waals surface area contributed by atoms with Crippen molar-refractivity contribution in [3.05, 3.63) is 32.8 Å². The van der Waals surface area contributed by atoms with Crippen molar-refractivity contribution >= 4 is 32.7 Å². The predicted octanol–water partition coefficient (Wildman–Crippen LogP) is 1.94. The average molecular weight is 266 g/mol. The van der Waals surface area contributed by atoms with E-state index in [2.05, 4.69) is 15.9 Å². The van der Waals surface area contributed by atoms with Crippen LogP contribution in [0.1, 0.15) is 0 Å². The second-order valence-corrected chi connectivity index (χ2v) is 4.04. The van der Waals surface area contributed by atoms with E-state index in [0.717, 1.165) is 6.07 Å². The van der Waals surface area contributed by atoms with E-state index in [-0.39, 0.29) is 10.6 Å². The van der Waals surface area contributed by atoms with Crippen molar-refractivity contribution in [1.29, 1.82) is 0 Å². The highest BCUT2D eigenvalue weighted by molar-refractivity contribution is 9.10. The normalized spacial score (nSPS) is 12.5. The largest absolute Gasteiger partial charge is 0.302 e. The number of halogens is 1. The molecule has 1 rings (SSSR count). The Morgan fingerprint density at radius 1 is 1.46 bits per heavy atom. The van der Waals surface area contributed by atoms with Crippen molar-refractivity contribution in [3.63, 3.8) is 0 Å². The van der Waals surface area contributed by atoms with Gasteiger partial charge in [0.05, 0.1) is 9.82 Å². The third kappa shape index (κ3) is 2.58. The van der Waals surface area contributed by atoms with Crippen molar-refractivity contribution in [3.8, 4) is 0 Å². The highest BCUT2D eigenvalue weighted by atomic mass is 79.9. The van der Waals surface area contributed by atoms with Crippen molar-refractivity contribution in [2.75, 3.05) is 0 Å². The molecule has 1 unspecified atom stereocenters. The summed E-state index contributed by atoms with van der Waals surface area (Å²) in [5, 5.41) is 10.3. The Labute approximate surface area is 84.3 Å². The number of nitrogens with zero attached hydrogens (tertiary/aromatic N) is 1. The highest BCUT2D eigenvalue weighted by Crippen LogP contribution is 2.22. The molecule has 1 aromatic rings. The average Bonchev–Trinajstić information content (AvgIpc) is 2.03. The Kier molecular flexibility index (Phi) is 3.12. The predicted molar refractivity (Wildman–Crippen MR) is 49.8 cm³/mol. The first-order chi connectivity index (χ1) is 6.00. The van der Waals surface area contributed by atoms with Gasteiger partial charge in [-0.3, -0.25) is 10.1 Å². The molecule has 1 N–H and O–H groups in total. The summed E-state index contributed by atoms with van der Waals surface area (Å²) in [5.74, 6) is 0. The first-order valence-electron chi connectivity index (χ1n) is 3.06. The van der Waals surface area contributed by atoms with Crippen LogP contribution in [0.25, 0.3) is 0 Å². The van der Waals surface area contributed by atoms with Crippen LogP contribution >= 0.6 is 15.9 Å². The lowest BCUT2D eigenvalue weighted by Gasteiger charge is -1.96. The smallest absolute Gasteiger partial charge is 0.271 e. The molecule has 13 heavy (non-hydrogen) atoms. The number of non-ortho nitro benzene ring substituents is 1. The van der Waals surface area contributed by atoms with E-state index in [1.165, 1.54) is 12.1 Å². The molecule has 0 bridgehead atoms. The third-order valence-electron chi connectivity index (χ3n) is 1.27. The number of nitro benzene ring substituents is 1. The van der Waals surface area contributed by atoms with Gasteiger partial charge in [0.15, 0.2) is 11.1 Å². The molecule has 0 aliphatic carbocycles. The maximum atomic E-state index is 10.6. The van der Waals surface area contributed by atoms with E-state index in [1.807, 2.05) is 0 Å². The molecule has 0 saturated heterocycles. The first-order valence-corrected chi connectivity index (χ1v) is 4.96. The topological polar surface area (TPSA) is 80.4 Å². The van der Waals surface area contributed by atoms with Crippen LogP contribution < -0.4 is 0 Å². The second-order valence-electron chi connectivity index (χ2n) is 2.15. The number of hydrogen-bond acceptors (Lipinski definition) is 3. The van der Waals surface area contributed by atoms with E-state index in [9.17, 15) is 14.3 Å². The fourth-order valence-corrected chi connectivity index (χ4v) is 1.84. The van der Waals surface area contributed by atoms with Crippen LogP contribution in [0.2, 0.25) is 0 Å². The van der Waals surface area contributed by atoms with E-state index in [1.54, 1.807) is 0 Å². The van der Waals surface area contributed by atoms with Crippen molar-refractivity contribution in [1.82, 2.24) is 0 Å². The number of rotatable bonds is 2. The summed E-state index contributed by atoms with van der Waals surface area (Å²) in [7, 11) is 0. The van der Waals surface area contributed by atoms with Crippen LogP contribution in [0.15, 0.2) is 27.6 Å². The summed E-state index contributed by atoms with van der Waals surface area (Å²) in [6.45, 7) is 0. The van der Waals surface area contributed by atoms with Gasteiger partial charge in [0, 0.05) is 16.6 Å². The van der Waals surface area contributed by atoms with Crippen LogP contribution in [0.4, 0.5) is 5.69 Å². The Morgan fingerprint density at radius 3 is 2.54 bits per heavy atom. The second kappa shape index (κ2) is 3.95. The molecule has 0 radical (unpaired) electrons. The quantitative estimate of drug-likeness (QED) is 0.504. The molecular formula is C6H4BrNO4S. The molecule has 0 aliphatic heterocycles. The molecular weight excluding hydrogens is 262 g/mol. The Hall–Kier alpha value is -0.790. The minimum atomic E-state index is -2.20. The molecule has 0 aliphatic rings. The molecule has 0 saturated carbocycles. The van der Waals surface area contributed by atoms with Gasteiger partial charge in [-0.15, -0.1) is 0 Å². The molecule has 0 heterocycles. The van der Waals surface area contributed by atoms with Gasteiger partial charge >= 0.3 is 0 Å². The Bertz CT molecular complexity index is 349. The summed E-state index contributed by atoms with van der Waals surface area (Å²) >= 11 is 0.799. The van der Waals surface area contributed by atoms with E-state index in [0.29, 0.717) is 4.47 Å². The van der Waals surface area contributed by atoms with Crippen LogP contribution in [-0.4, -0.2) is 13.7 Å². The van der Waals surface area contributed by atoms with Crippen LogP contribution in [0, 0.1) is 10.1 Å². The lowest BCUT2D eigenvalue weighted by atomic mass is 10.3. The van der Waals surface area contributed by atoms with Gasteiger partial charge in [-0.2, -0.15) is 0 Å². The molecule has 70 valence electrons. The standard InChI is InChI=1S/C6H4BrNO4S/c7-4-1-5(8(9)10)3-6(2-4)13(11)12/h1-3H,(H,11,12). The summed E-state index contributed by atoms with van der Waals surface area (Å²) < 4.78 is 19.7. The van der Waals surface area contributed by atoms with E-state index >= 15 is 0 Å². The van der Waals surface area contributed by atoms with Crippen molar-refractivity contribution in [2.45, 2.75) is 4.90 Å². The van der Waals surface area contributed by atoms with Crippen LogP contribution in [0.5, 0.6) is 0 Å². The first kappa shape index (κ1) is 10.3. The molecule has 1 atom stereocenters. The maximum Gasteiger partial charge on any atom is 0.271 e. The molecule has 5 nitrogen and oxygen atoms in total. The minimum absolute atomic E-state index is 0.000995. The Morgan fingerprint density at radius 2 is 2.08 bits per heavy atom. The molecule has 0 spiro atoms. The Balaban J connectivity index is 3.26. The SMILES string of the molecule is O=[N+]([O-])c1cc(Br)cc(S(=O)O)c1. The zero-order valence-corrected chi connectivity index (χ0v) is 8.54. The van der Waals surface area contributed by atoms with Gasteiger partial charge in [-0.05, 0) is 6.07 Å². The zero-order valence-electron chi connectivity index (χ0n) is 6.14. The summed E-state index contributed by atoms with van der Waals surface area (Å²) in [6, 6.07) is 3.67. The van der Waals surface area contributed by atoms with Gasteiger partial charge in [0.2, 0.25) is 0 Å². The van der Waals surface area contributed by atoms with E-state index in [4.69, 9.17) is 4.55 Å². The molecule has 7 heteroatoms. The zero-order chi connectivity index (χ0) is 10.0. The third-order valence-corrected chi connectivity index (χ3v) is 2.37. The fourth-order valence-electron chi connectivity index (χ4n) is 0.754. The van der Waals surface area contributed by atoms with Crippen molar-refractivity contribution in [2.24, 2.45) is 0 Å². The van der Waals surface area contributed by atoms with Crippen LogP contribution in [-0.2, 0) is 11.1 Å².